The molecule has 0 aliphatic heterocycles. The summed E-state index contributed by atoms with van der Waals surface area (Å²) in [7, 11) is 0. The van der Waals surface area contributed by atoms with Crippen LogP contribution in [0.15, 0.2) is 30.3 Å². The van der Waals surface area contributed by atoms with E-state index in [-0.39, 0.29) is 11.6 Å². The second kappa shape index (κ2) is 4.89. The second-order valence-electron chi connectivity index (χ2n) is 4.80. The van der Waals surface area contributed by atoms with E-state index in [0.717, 1.165) is 11.1 Å². The van der Waals surface area contributed by atoms with Gasteiger partial charge in [-0.2, -0.15) is 0 Å². The molecule has 0 bridgehead atoms. The van der Waals surface area contributed by atoms with Crippen LogP contribution in [-0.4, -0.2) is 0 Å². The fourth-order valence-electron chi connectivity index (χ4n) is 2.07. The Bertz CT molecular complexity index is 586. The summed E-state index contributed by atoms with van der Waals surface area (Å²) in [6.45, 7) is 5.58. The summed E-state index contributed by atoms with van der Waals surface area (Å²) < 4.78 is 27.2. The van der Waals surface area contributed by atoms with Crippen molar-refractivity contribution in [3.63, 3.8) is 0 Å². The van der Waals surface area contributed by atoms with Crippen LogP contribution in [-0.2, 0) is 6.42 Å². The van der Waals surface area contributed by atoms with Crippen molar-refractivity contribution in [2.24, 2.45) is 0 Å². The molecular formula is C16H16F2. The largest absolute Gasteiger partial charge is 0.207 e. The molecule has 0 radical (unpaired) electrons. The van der Waals surface area contributed by atoms with Crippen LogP contribution in [0.2, 0.25) is 0 Å². The summed E-state index contributed by atoms with van der Waals surface area (Å²) in [5, 5.41) is 0. The van der Waals surface area contributed by atoms with Gasteiger partial charge >= 0.3 is 0 Å². The van der Waals surface area contributed by atoms with E-state index in [4.69, 9.17) is 0 Å². The Hall–Kier alpha value is -1.70. The van der Waals surface area contributed by atoms with E-state index >= 15 is 0 Å². The number of aryl methyl sites for hydroxylation is 3. The van der Waals surface area contributed by atoms with Crippen LogP contribution < -0.4 is 0 Å². The van der Waals surface area contributed by atoms with Crippen molar-refractivity contribution in [1.29, 1.82) is 0 Å². The lowest BCUT2D eigenvalue weighted by atomic mass is 9.98. The lowest BCUT2D eigenvalue weighted by Crippen LogP contribution is -1.98. The average Bonchev–Trinajstić information content (AvgIpc) is 2.29. The van der Waals surface area contributed by atoms with Crippen LogP contribution in [0.3, 0.4) is 0 Å². The smallest absolute Gasteiger partial charge is 0.127 e. The number of halogens is 2. The summed E-state index contributed by atoms with van der Waals surface area (Å²) >= 11 is 0. The summed E-state index contributed by atoms with van der Waals surface area (Å²) in [5.74, 6) is -0.690. The van der Waals surface area contributed by atoms with Crippen molar-refractivity contribution in [3.8, 4) is 0 Å². The van der Waals surface area contributed by atoms with Crippen LogP contribution >= 0.6 is 0 Å². The number of hydrogen-bond acceptors (Lipinski definition) is 0. The molecule has 2 rings (SSSR count). The van der Waals surface area contributed by atoms with Gasteiger partial charge in [0.2, 0.25) is 0 Å². The van der Waals surface area contributed by atoms with E-state index in [0.29, 0.717) is 17.5 Å². The quantitative estimate of drug-likeness (QED) is 0.732. The molecule has 2 aromatic carbocycles. The van der Waals surface area contributed by atoms with Crippen molar-refractivity contribution in [2.75, 3.05) is 0 Å². The number of hydrogen-bond donors (Lipinski definition) is 0. The van der Waals surface area contributed by atoms with Crippen molar-refractivity contribution >= 4 is 0 Å². The van der Waals surface area contributed by atoms with Crippen molar-refractivity contribution in [2.45, 2.75) is 27.2 Å². The molecular weight excluding hydrogens is 230 g/mol. The zero-order valence-electron chi connectivity index (χ0n) is 10.8. The Labute approximate surface area is 106 Å². The predicted molar refractivity (Wildman–Crippen MR) is 69.8 cm³/mol. The van der Waals surface area contributed by atoms with E-state index in [2.05, 4.69) is 6.07 Å². The second-order valence-corrected chi connectivity index (χ2v) is 4.80. The van der Waals surface area contributed by atoms with Crippen molar-refractivity contribution in [3.05, 3.63) is 69.8 Å². The highest BCUT2D eigenvalue weighted by Crippen LogP contribution is 2.20. The van der Waals surface area contributed by atoms with Crippen LogP contribution in [0.1, 0.15) is 27.8 Å². The Morgan fingerprint density at radius 1 is 0.778 bits per heavy atom. The molecule has 0 N–H and O–H groups in total. The topological polar surface area (TPSA) is 0 Å². The van der Waals surface area contributed by atoms with Crippen LogP contribution in [0.4, 0.5) is 8.78 Å². The minimum atomic E-state index is -0.351. The minimum Gasteiger partial charge on any atom is -0.207 e. The number of benzene rings is 2. The van der Waals surface area contributed by atoms with E-state index in [9.17, 15) is 8.78 Å². The predicted octanol–water partition coefficient (Wildman–Crippen LogP) is 4.48. The fourth-order valence-corrected chi connectivity index (χ4v) is 2.07. The SMILES string of the molecule is Cc1ccc(Cc2cc(F)c(C)cc2F)c(C)c1. The normalized spacial score (nSPS) is 10.7. The third-order valence-electron chi connectivity index (χ3n) is 3.21. The standard InChI is InChI=1S/C16H16F2/c1-10-4-5-13(11(2)6-10)8-14-9-15(17)12(3)7-16(14)18/h4-7,9H,8H2,1-3H3. The monoisotopic (exact) mass is 246 g/mol. The summed E-state index contributed by atoms with van der Waals surface area (Å²) in [6.07, 6.45) is 0.426. The zero-order valence-corrected chi connectivity index (χ0v) is 10.8. The van der Waals surface area contributed by atoms with Gasteiger partial charge in [-0.15, -0.1) is 0 Å². The van der Waals surface area contributed by atoms with Crippen molar-refractivity contribution in [1.82, 2.24) is 0 Å². The third kappa shape index (κ3) is 2.58. The van der Waals surface area contributed by atoms with Gasteiger partial charge in [0.05, 0.1) is 0 Å². The molecule has 0 saturated heterocycles. The zero-order chi connectivity index (χ0) is 13.3. The van der Waals surface area contributed by atoms with Gasteiger partial charge < -0.3 is 0 Å². The van der Waals surface area contributed by atoms with Crippen molar-refractivity contribution < 1.29 is 8.78 Å². The minimum absolute atomic E-state index is 0.339. The first-order valence-electron chi connectivity index (χ1n) is 5.98. The molecule has 0 aliphatic carbocycles. The van der Waals surface area contributed by atoms with Gasteiger partial charge in [0, 0.05) is 6.42 Å². The van der Waals surface area contributed by atoms with Crippen LogP contribution in [0.5, 0.6) is 0 Å². The maximum absolute atomic E-state index is 13.8. The van der Waals surface area contributed by atoms with Gasteiger partial charge in [0.15, 0.2) is 0 Å². The Morgan fingerprint density at radius 2 is 1.50 bits per heavy atom. The third-order valence-corrected chi connectivity index (χ3v) is 3.21. The average molecular weight is 246 g/mol. The molecule has 94 valence electrons. The highest BCUT2D eigenvalue weighted by molar-refractivity contribution is 5.36. The summed E-state index contributed by atoms with van der Waals surface area (Å²) in [4.78, 5) is 0. The van der Waals surface area contributed by atoms with E-state index in [1.807, 2.05) is 26.0 Å². The molecule has 0 spiro atoms. The number of rotatable bonds is 2. The van der Waals surface area contributed by atoms with E-state index < -0.39 is 0 Å². The molecule has 0 atom stereocenters. The molecule has 0 aromatic heterocycles. The molecule has 2 aromatic rings. The van der Waals surface area contributed by atoms with Gasteiger partial charge in [-0.3, -0.25) is 0 Å². The summed E-state index contributed by atoms with van der Waals surface area (Å²) in [5.41, 5.74) is 4.06. The Balaban J connectivity index is 2.37. The molecule has 0 aliphatic rings. The highest BCUT2D eigenvalue weighted by atomic mass is 19.1. The van der Waals surface area contributed by atoms with E-state index in [1.165, 1.54) is 17.7 Å². The van der Waals surface area contributed by atoms with Gasteiger partial charge in [-0.25, -0.2) is 8.78 Å². The molecule has 0 nitrogen and oxygen atoms in total. The Kier molecular flexibility index (Phi) is 3.46. The first-order valence-corrected chi connectivity index (χ1v) is 5.98. The lowest BCUT2D eigenvalue weighted by Gasteiger charge is -2.09. The van der Waals surface area contributed by atoms with E-state index in [1.54, 1.807) is 6.92 Å². The fraction of sp³-hybridized carbons (Fsp3) is 0.250. The molecule has 0 heterocycles. The Morgan fingerprint density at radius 3 is 2.17 bits per heavy atom. The molecule has 0 saturated carbocycles. The maximum Gasteiger partial charge on any atom is 0.127 e. The molecule has 0 amide bonds. The molecule has 18 heavy (non-hydrogen) atoms. The van der Waals surface area contributed by atoms with Gasteiger partial charge in [0.25, 0.3) is 0 Å². The maximum atomic E-state index is 13.8. The molecule has 0 fully saturated rings. The van der Waals surface area contributed by atoms with Gasteiger partial charge in [-0.05, 0) is 55.2 Å². The molecule has 2 heteroatoms. The van der Waals surface area contributed by atoms with Crippen LogP contribution in [0.25, 0.3) is 0 Å². The van der Waals surface area contributed by atoms with Gasteiger partial charge in [-0.1, -0.05) is 23.8 Å². The van der Waals surface area contributed by atoms with Gasteiger partial charge in [0.1, 0.15) is 11.6 Å². The highest BCUT2D eigenvalue weighted by Gasteiger charge is 2.09. The van der Waals surface area contributed by atoms with Crippen LogP contribution in [0, 0.1) is 32.4 Å². The first-order chi connectivity index (χ1) is 8.47. The molecule has 0 unspecified atom stereocenters. The lowest BCUT2D eigenvalue weighted by molar-refractivity contribution is 0.581. The summed E-state index contributed by atoms with van der Waals surface area (Å²) in [6, 6.07) is 8.57. The first kappa shape index (κ1) is 12.7.